The summed E-state index contributed by atoms with van der Waals surface area (Å²) in [5, 5.41) is 3.04. The summed E-state index contributed by atoms with van der Waals surface area (Å²) in [6.07, 6.45) is 1.98. The lowest BCUT2D eigenvalue weighted by molar-refractivity contribution is 0.102. The number of nitrogens with one attached hydrogen (secondary N) is 1. The van der Waals surface area contributed by atoms with Crippen molar-refractivity contribution >= 4 is 23.4 Å². The highest BCUT2D eigenvalue weighted by atomic mass is 32.2. The fraction of sp³-hybridized carbons (Fsp3) is 0.235. The van der Waals surface area contributed by atoms with E-state index in [9.17, 15) is 4.79 Å². The highest BCUT2D eigenvalue weighted by molar-refractivity contribution is 7.98. The Hall–Kier alpha value is -1.74. The van der Waals surface area contributed by atoms with Gasteiger partial charge in [-0.25, -0.2) is 0 Å². The highest BCUT2D eigenvalue weighted by Gasteiger charge is 2.13. The van der Waals surface area contributed by atoms with Crippen molar-refractivity contribution in [3.63, 3.8) is 0 Å². The van der Waals surface area contributed by atoms with Crippen molar-refractivity contribution in [1.29, 1.82) is 0 Å². The molecule has 0 spiro atoms. The van der Waals surface area contributed by atoms with E-state index in [0.29, 0.717) is 0 Å². The molecule has 1 N–H and O–H groups in total. The minimum atomic E-state index is -0.0509. The minimum Gasteiger partial charge on any atom is -0.321 e. The molecule has 2 aromatic carbocycles. The number of carbonyl (C=O) groups excluding carboxylic acids is 1. The third-order valence-electron chi connectivity index (χ3n) is 3.27. The van der Waals surface area contributed by atoms with Gasteiger partial charge in [0, 0.05) is 10.6 Å². The maximum Gasteiger partial charge on any atom is 0.256 e. The van der Waals surface area contributed by atoms with Crippen LogP contribution < -0.4 is 5.32 Å². The monoisotopic (exact) mass is 285 g/mol. The summed E-state index contributed by atoms with van der Waals surface area (Å²) in [5.74, 6) is -0.0509. The zero-order chi connectivity index (χ0) is 14.7. The van der Waals surface area contributed by atoms with Gasteiger partial charge in [-0.15, -0.1) is 11.8 Å². The van der Waals surface area contributed by atoms with Crippen LogP contribution in [0.25, 0.3) is 0 Å². The maximum atomic E-state index is 12.5. The van der Waals surface area contributed by atoms with Crippen LogP contribution in [0.2, 0.25) is 0 Å². The van der Waals surface area contributed by atoms with E-state index >= 15 is 0 Å². The summed E-state index contributed by atoms with van der Waals surface area (Å²) >= 11 is 1.58. The Morgan fingerprint density at radius 1 is 1.05 bits per heavy atom. The van der Waals surface area contributed by atoms with Gasteiger partial charge < -0.3 is 5.32 Å². The minimum absolute atomic E-state index is 0.0509. The van der Waals surface area contributed by atoms with Crippen LogP contribution in [-0.4, -0.2) is 12.2 Å². The third kappa shape index (κ3) is 3.05. The molecule has 0 bridgehead atoms. The smallest absolute Gasteiger partial charge is 0.256 e. The van der Waals surface area contributed by atoms with Crippen LogP contribution in [0.4, 0.5) is 5.69 Å². The summed E-state index contributed by atoms with van der Waals surface area (Å²) in [5.41, 5.74) is 5.04. The van der Waals surface area contributed by atoms with E-state index in [1.54, 1.807) is 11.8 Å². The van der Waals surface area contributed by atoms with Gasteiger partial charge in [-0.2, -0.15) is 0 Å². The van der Waals surface area contributed by atoms with Crippen LogP contribution in [0.15, 0.2) is 41.3 Å². The predicted molar refractivity (Wildman–Crippen MR) is 86.8 cm³/mol. The van der Waals surface area contributed by atoms with E-state index in [-0.39, 0.29) is 5.91 Å². The van der Waals surface area contributed by atoms with Crippen LogP contribution in [-0.2, 0) is 0 Å². The molecule has 2 rings (SSSR count). The average molecular weight is 285 g/mol. The standard InChI is InChI=1S/C17H19NOS/c1-11-9-12(2)16(13(3)10-11)18-17(19)14-7-5-6-8-15(14)20-4/h5-10H,1-4H3,(H,18,19). The molecule has 0 radical (unpaired) electrons. The van der Waals surface area contributed by atoms with E-state index < -0.39 is 0 Å². The van der Waals surface area contributed by atoms with Gasteiger partial charge >= 0.3 is 0 Å². The number of carbonyl (C=O) groups is 1. The molecule has 0 saturated heterocycles. The van der Waals surface area contributed by atoms with Crippen LogP contribution in [0.3, 0.4) is 0 Å². The average Bonchev–Trinajstić information content (AvgIpc) is 2.42. The molecule has 2 nitrogen and oxygen atoms in total. The molecule has 0 aliphatic heterocycles. The molecule has 2 aromatic rings. The summed E-state index contributed by atoms with van der Waals surface area (Å²) in [7, 11) is 0. The Kier molecular flexibility index (Phi) is 4.50. The molecule has 104 valence electrons. The SMILES string of the molecule is CSc1ccccc1C(=O)Nc1c(C)cc(C)cc1C. The molecule has 0 aromatic heterocycles. The Morgan fingerprint density at radius 3 is 2.25 bits per heavy atom. The zero-order valence-corrected chi connectivity index (χ0v) is 13.1. The molecular weight excluding hydrogens is 266 g/mol. The van der Waals surface area contributed by atoms with Crippen molar-refractivity contribution in [1.82, 2.24) is 0 Å². The summed E-state index contributed by atoms with van der Waals surface area (Å²) in [4.78, 5) is 13.5. The Bertz CT molecular complexity index is 626. The Morgan fingerprint density at radius 2 is 1.65 bits per heavy atom. The van der Waals surface area contributed by atoms with Crippen LogP contribution in [0, 0.1) is 20.8 Å². The van der Waals surface area contributed by atoms with Crippen LogP contribution in [0.5, 0.6) is 0 Å². The normalized spacial score (nSPS) is 10.4. The molecule has 0 fully saturated rings. The van der Waals surface area contributed by atoms with Crippen molar-refractivity contribution in [3.05, 3.63) is 58.7 Å². The van der Waals surface area contributed by atoms with Gasteiger partial charge in [0.1, 0.15) is 0 Å². The number of hydrogen-bond acceptors (Lipinski definition) is 2. The van der Waals surface area contributed by atoms with Gasteiger partial charge in [-0.1, -0.05) is 29.8 Å². The molecule has 0 aliphatic rings. The van der Waals surface area contributed by atoms with Crippen molar-refractivity contribution in [2.75, 3.05) is 11.6 Å². The topological polar surface area (TPSA) is 29.1 Å². The molecule has 0 aliphatic carbocycles. The fourth-order valence-electron chi connectivity index (χ4n) is 2.39. The summed E-state index contributed by atoms with van der Waals surface area (Å²) in [6, 6.07) is 11.8. The van der Waals surface area contributed by atoms with E-state index in [1.165, 1.54) is 5.56 Å². The Labute approximate surface area is 124 Å². The van der Waals surface area contributed by atoms with E-state index in [2.05, 4.69) is 24.4 Å². The summed E-state index contributed by atoms with van der Waals surface area (Å²) in [6.45, 7) is 6.11. The van der Waals surface area contributed by atoms with E-state index in [4.69, 9.17) is 0 Å². The first-order valence-corrected chi connectivity index (χ1v) is 7.77. The number of anilines is 1. The molecule has 0 heterocycles. The third-order valence-corrected chi connectivity index (χ3v) is 4.06. The first-order valence-electron chi connectivity index (χ1n) is 6.55. The van der Waals surface area contributed by atoms with E-state index in [1.807, 2.05) is 44.4 Å². The number of thioether (sulfide) groups is 1. The number of aryl methyl sites for hydroxylation is 3. The van der Waals surface area contributed by atoms with Gasteiger partial charge in [0.25, 0.3) is 5.91 Å². The first-order chi connectivity index (χ1) is 9.52. The lowest BCUT2D eigenvalue weighted by Crippen LogP contribution is -2.14. The second kappa shape index (κ2) is 6.14. The van der Waals surface area contributed by atoms with Crippen molar-refractivity contribution in [2.24, 2.45) is 0 Å². The van der Waals surface area contributed by atoms with Gasteiger partial charge in [-0.3, -0.25) is 4.79 Å². The number of rotatable bonds is 3. The largest absolute Gasteiger partial charge is 0.321 e. The summed E-state index contributed by atoms with van der Waals surface area (Å²) < 4.78 is 0. The van der Waals surface area contributed by atoms with Gasteiger partial charge in [0.15, 0.2) is 0 Å². The first kappa shape index (κ1) is 14.7. The van der Waals surface area contributed by atoms with Crippen LogP contribution in [0.1, 0.15) is 27.0 Å². The second-order valence-corrected chi connectivity index (χ2v) is 5.78. The number of amides is 1. The van der Waals surface area contributed by atoms with Crippen molar-refractivity contribution in [3.8, 4) is 0 Å². The predicted octanol–water partition coefficient (Wildman–Crippen LogP) is 4.59. The molecule has 0 unspecified atom stereocenters. The quantitative estimate of drug-likeness (QED) is 0.836. The Balaban J connectivity index is 2.33. The van der Waals surface area contributed by atoms with Gasteiger partial charge in [-0.05, 0) is 50.3 Å². The molecular formula is C17H19NOS. The fourth-order valence-corrected chi connectivity index (χ4v) is 2.99. The number of hydrogen-bond donors (Lipinski definition) is 1. The molecule has 3 heteroatoms. The molecule has 0 saturated carbocycles. The highest BCUT2D eigenvalue weighted by Crippen LogP contribution is 2.25. The maximum absolute atomic E-state index is 12.5. The molecule has 0 atom stereocenters. The molecule has 1 amide bonds. The lowest BCUT2D eigenvalue weighted by atomic mass is 10.0. The molecule has 20 heavy (non-hydrogen) atoms. The van der Waals surface area contributed by atoms with Gasteiger partial charge in [0.2, 0.25) is 0 Å². The lowest BCUT2D eigenvalue weighted by Gasteiger charge is -2.14. The zero-order valence-electron chi connectivity index (χ0n) is 12.3. The number of benzene rings is 2. The second-order valence-electron chi connectivity index (χ2n) is 4.93. The van der Waals surface area contributed by atoms with Crippen LogP contribution >= 0.6 is 11.8 Å². The van der Waals surface area contributed by atoms with Crippen molar-refractivity contribution in [2.45, 2.75) is 25.7 Å². The van der Waals surface area contributed by atoms with Gasteiger partial charge in [0.05, 0.1) is 5.56 Å². The van der Waals surface area contributed by atoms with Crippen molar-refractivity contribution < 1.29 is 4.79 Å². The van der Waals surface area contributed by atoms with E-state index in [0.717, 1.165) is 27.3 Å².